The van der Waals surface area contributed by atoms with E-state index in [1.54, 1.807) is 23.1 Å². The van der Waals surface area contributed by atoms with E-state index < -0.39 is 0 Å². The molecule has 0 spiro atoms. The number of benzene rings is 1. The van der Waals surface area contributed by atoms with Crippen molar-refractivity contribution in [3.63, 3.8) is 0 Å². The lowest BCUT2D eigenvalue weighted by Crippen LogP contribution is -2.00. The third-order valence-electron chi connectivity index (χ3n) is 3.03. The van der Waals surface area contributed by atoms with E-state index in [2.05, 4.69) is 61.5 Å². The molecule has 0 aliphatic heterocycles. The zero-order valence-corrected chi connectivity index (χ0v) is 15.0. The van der Waals surface area contributed by atoms with Gasteiger partial charge in [-0.15, -0.1) is 28.1 Å². The molecule has 0 amide bonds. The molecule has 0 saturated carbocycles. The summed E-state index contributed by atoms with van der Waals surface area (Å²) < 4.78 is 3.26. The highest BCUT2D eigenvalue weighted by Crippen LogP contribution is 2.30. The van der Waals surface area contributed by atoms with Gasteiger partial charge in [-0.2, -0.15) is 0 Å². The highest BCUT2D eigenvalue weighted by Gasteiger charge is 2.13. The van der Waals surface area contributed by atoms with Crippen LogP contribution < -0.4 is 0 Å². The lowest BCUT2D eigenvalue weighted by molar-refractivity contribution is 0.731. The number of hydrogen-bond acceptors (Lipinski definition) is 4. The van der Waals surface area contributed by atoms with Crippen molar-refractivity contribution >= 4 is 39.0 Å². The Morgan fingerprint density at radius 3 is 2.68 bits per heavy atom. The Morgan fingerprint density at radius 2 is 2.00 bits per heavy atom. The number of hydrogen-bond donors (Lipinski definition) is 0. The smallest absolute Gasteiger partial charge is 0.192 e. The van der Waals surface area contributed by atoms with Crippen molar-refractivity contribution in [2.24, 2.45) is 0 Å². The van der Waals surface area contributed by atoms with Gasteiger partial charge in [0, 0.05) is 22.7 Å². The summed E-state index contributed by atoms with van der Waals surface area (Å²) in [7, 11) is 0. The first-order chi connectivity index (χ1) is 10.8. The molecule has 0 aliphatic rings. The molecular formula is C16H14BrN3S2. The van der Waals surface area contributed by atoms with E-state index in [0.717, 1.165) is 26.1 Å². The summed E-state index contributed by atoms with van der Waals surface area (Å²) >= 11 is 6.94. The van der Waals surface area contributed by atoms with E-state index in [4.69, 9.17) is 0 Å². The molecule has 3 rings (SSSR count). The number of aromatic nitrogens is 3. The highest BCUT2D eigenvalue weighted by molar-refractivity contribution is 9.11. The van der Waals surface area contributed by atoms with Crippen LogP contribution in [0.4, 0.5) is 0 Å². The SMILES string of the molecule is C=CCn1c(SCc2ccc(Br)s2)nnc1-c1ccccc1. The third kappa shape index (κ3) is 3.51. The van der Waals surface area contributed by atoms with E-state index in [-0.39, 0.29) is 0 Å². The standard InChI is InChI=1S/C16H14BrN3S2/c1-2-10-20-15(12-6-4-3-5-7-12)18-19-16(20)21-11-13-8-9-14(17)22-13/h2-9H,1,10-11H2. The zero-order valence-electron chi connectivity index (χ0n) is 11.8. The summed E-state index contributed by atoms with van der Waals surface area (Å²) in [5, 5.41) is 9.63. The van der Waals surface area contributed by atoms with Crippen molar-refractivity contribution in [1.82, 2.24) is 14.8 Å². The molecule has 3 aromatic rings. The van der Waals surface area contributed by atoms with Gasteiger partial charge in [0.1, 0.15) is 0 Å². The molecular weight excluding hydrogens is 378 g/mol. The first-order valence-electron chi connectivity index (χ1n) is 6.74. The lowest BCUT2D eigenvalue weighted by atomic mass is 10.2. The Morgan fingerprint density at radius 1 is 1.18 bits per heavy atom. The van der Waals surface area contributed by atoms with Crippen LogP contribution in [-0.4, -0.2) is 14.8 Å². The van der Waals surface area contributed by atoms with Crippen LogP contribution in [0.3, 0.4) is 0 Å². The molecule has 112 valence electrons. The van der Waals surface area contributed by atoms with Crippen molar-refractivity contribution in [3.8, 4) is 11.4 Å². The normalized spacial score (nSPS) is 10.8. The molecule has 22 heavy (non-hydrogen) atoms. The number of rotatable bonds is 6. The Labute approximate surface area is 146 Å². The fourth-order valence-corrected chi connectivity index (χ4v) is 4.53. The van der Waals surface area contributed by atoms with E-state index in [9.17, 15) is 0 Å². The van der Waals surface area contributed by atoms with Crippen molar-refractivity contribution in [2.45, 2.75) is 17.5 Å². The summed E-state index contributed by atoms with van der Waals surface area (Å²) in [5.74, 6) is 1.77. The van der Waals surface area contributed by atoms with Gasteiger partial charge in [0.05, 0.1) is 3.79 Å². The summed E-state index contributed by atoms with van der Waals surface area (Å²) in [5.41, 5.74) is 1.07. The molecule has 0 fully saturated rings. The molecule has 3 nitrogen and oxygen atoms in total. The third-order valence-corrected chi connectivity index (χ3v) is 5.85. The maximum absolute atomic E-state index is 4.36. The fourth-order valence-electron chi connectivity index (χ4n) is 2.05. The van der Waals surface area contributed by atoms with Crippen molar-refractivity contribution in [2.75, 3.05) is 0 Å². The number of halogens is 1. The quantitative estimate of drug-likeness (QED) is 0.424. The number of allylic oxidation sites excluding steroid dienone is 1. The van der Waals surface area contributed by atoms with Crippen LogP contribution in [-0.2, 0) is 12.3 Å². The van der Waals surface area contributed by atoms with Crippen LogP contribution in [0.15, 0.2) is 64.1 Å². The molecule has 0 saturated heterocycles. The average molecular weight is 392 g/mol. The molecule has 1 aromatic carbocycles. The minimum Gasteiger partial charge on any atom is -0.298 e. The van der Waals surface area contributed by atoms with Crippen LogP contribution in [0.25, 0.3) is 11.4 Å². The molecule has 0 N–H and O–H groups in total. The van der Waals surface area contributed by atoms with E-state index in [0.29, 0.717) is 6.54 Å². The van der Waals surface area contributed by atoms with E-state index >= 15 is 0 Å². The van der Waals surface area contributed by atoms with Gasteiger partial charge in [-0.1, -0.05) is 48.2 Å². The number of thioether (sulfide) groups is 1. The first kappa shape index (κ1) is 15.5. The molecule has 2 heterocycles. The lowest BCUT2D eigenvalue weighted by Gasteiger charge is -2.07. The Bertz CT molecular complexity index is 765. The molecule has 0 bridgehead atoms. The summed E-state index contributed by atoms with van der Waals surface area (Å²) in [6, 6.07) is 14.3. The van der Waals surface area contributed by atoms with Crippen LogP contribution in [0, 0.1) is 0 Å². The molecule has 0 unspecified atom stereocenters. The Hall–Kier alpha value is -1.37. The maximum Gasteiger partial charge on any atom is 0.192 e. The first-order valence-corrected chi connectivity index (χ1v) is 9.34. The zero-order chi connectivity index (χ0) is 15.4. The average Bonchev–Trinajstić information content (AvgIpc) is 3.13. The monoisotopic (exact) mass is 391 g/mol. The van der Waals surface area contributed by atoms with Crippen molar-refractivity contribution in [1.29, 1.82) is 0 Å². The maximum atomic E-state index is 4.36. The minimum absolute atomic E-state index is 0.702. The van der Waals surface area contributed by atoms with Gasteiger partial charge in [-0.05, 0) is 28.1 Å². The van der Waals surface area contributed by atoms with Gasteiger partial charge >= 0.3 is 0 Å². The predicted molar refractivity (Wildman–Crippen MR) is 97.2 cm³/mol. The molecule has 0 radical (unpaired) electrons. The van der Waals surface area contributed by atoms with E-state index in [1.807, 2.05) is 24.3 Å². The Balaban J connectivity index is 1.85. The number of thiophene rings is 1. The second kappa shape index (κ2) is 7.26. The predicted octanol–water partition coefficient (Wildman–Crippen LogP) is 5.25. The topological polar surface area (TPSA) is 30.7 Å². The molecule has 0 aliphatic carbocycles. The van der Waals surface area contributed by atoms with Gasteiger partial charge in [0.15, 0.2) is 11.0 Å². The van der Waals surface area contributed by atoms with Crippen LogP contribution in [0.5, 0.6) is 0 Å². The van der Waals surface area contributed by atoms with Crippen molar-refractivity contribution in [3.05, 3.63) is 63.8 Å². The van der Waals surface area contributed by atoms with Gasteiger partial charge in [0.2, 0.25) is 0 Å². The largest absolute Gasteiger partial charge is 0.298 e. The summed E-state index contributed by atoms with van der Waals surface area (Å²) in [4.78, 5) is 1.31. The van der Waals surface area contributed by atoms with E-state index in [1.165, 1.54) is 4.88 Å². The second-order valence-electron chi connectivity index (χ2n) is 4.57. The minimum atomic E-state index is 0.702. The molecule has 0 atom stereocenters. The van der Waals surface area contributed by atoms with Crippen LogP contribution >= 0.6 is 39.0 Å². The number of nitrogens with zero attached hydrogens (tertiary/aromatic N) is 3. The molecule has 2 aromatic heterocycles. The van der Waals surface area contributed by atoms with Crippen molar-refractivity contribution < 1.29 is 0 Å². The van der Waals surface area contributed by atoms with Gasteiger partial charge in [-0.25, -0.2) is 0 Å². The molecule has 6 heteroatoms. The van der Waals surface area contributed by atoms with Crippen LogP contribution in [0.2, 0.25) is 0 Å². The van der Waals surface area contributed by atoms with Crippen LogP contribution in [0.1, 0.15) is 4.88 Å². The Kier molecular flexibility index (Phi) is 5.12. The van der Waals surface area contributed by atoms with Gasteiger partial charge < -0.3 is 0 Å². The van der Waals surface area contributed by atoms with Gasteiger partial charge in [-0.3, -0.25) is 4.57 Å². The second-order valence-corrected chi connectivity index (χ2v) is 8.06. The summed E-state index contributed by atoms with van der Waals surface area (Å²) in [6.07, 6.45) is 1.88. The fraction of sp³-hybridized carbons (Fsp3) is 0.125. The van der Waals surface area contributed by atoms with Gasteiger partial charge in [0.25, 0.3) is 0 Å². The summed E-state index contributed by atoms with van der Waals surface area (Å²) in [6.45, 7) is 4.55. The highest BCUT2D eigenvalue weighted by atomic mass is 79.9.